The van der Waals surface area contributed by atoms with Gasteiger partial charge < -0.3 is 45.1 Å². The minimum Gasteiger partial charge on any atom is -0.454 e. The third kappa shape index (κ3) is 37.3. The lowest BCUT2D eigenvalue weighted by molar-refractivity contribution is -0.305. The van der Waals surface area contributed by atoms with E-state index in [1.54, 1.807) is 6.08 Å². The zero-order valence-corrected chi connectivity index (χ0v) is 45.9. The SMILES string of the molecule is CC/C=C/C/C=C/CCCCCCCCC(O)C(=O)NC(COC1OC(CO)C(O)C(O)C1OC(=O)CCCCCCCCCCCCCCCCCCC)C(O)/C=C/CCCCCCCCCCCC. The zero-order chi connectivity index (χ0) is 51.8. The maximum atomic E-state index is 13.4. The molecule has 11 nitrogen and oxygen atoms in total. The Hall–Kier alpha value is -2.12. The van der Waals surface area contributed by atoms with E-state index < -0.39 is 67.4 Å². The fourth-order valence-electron chi connectivity index (χ4n) is 9.34. The highest BCUT2D eigenvalue weighted by molar-refractivity contribution is 5.80. The molecule has 0 aromatic rings. The van der Waals surface area contributed by atoms with Crippen molar-refractivity contribution in [2.24, 2.45) is 0 Å². The molecular formula is C60H111NO10. The number of aliphatic hydroxyl groups is 5. The van der Waals surface area contributed by atoms with E-state index in [-0.39, 0.29) is 19.4 Å². The van der Waals surface area contributed by atoms with E-state index >= 15 is 0 Å². The van der Waals surface area contributed by atoms with Gasteiger partial charge in [-0.15, -0.1) is 0 Å². The van der Waals surface area contributed by atoms with Crippen molar-refractivity contribution < 1.29 is 49.3 Å². The van der Waals surface area contributed by atoms with Crippen LogP contribution in [0, 0.1) is 0 Å². The first kappa shape index (κ1) is 66.9. The second kappa shape index (κ2) is 48.8. The molecule has 11 heteroatoms. The van der Waals surface area contributed by atoms with Gasteiger partial charge in [0.1, 0.15) is 24.4 Å². The van der Waals surface area contributed by atoms with Crippen LogP contribution >= 0.6 is 0 Å². The molecule has 1 fully saturated rings. The number of nitrogens with one attached hydrogen (secondary N) is 1. The monoisotopic (exact) mass is 1010 g/mol. The van der Waals surface area contributed by atoms with Crippen LogP contribution in [0.15, 0.2) is 36.5 Å². The molecular weight excluding hydrogens is 895 g/mol. The fourth-order valence-corrected chi connectivity index (χ4v) is 9.34. The van der Waals surface area contributed by atoms with Gasteiger partial charge in [0.05, 0.1) is 25.4 Å². The summed E-state index contributed by atoms with van der Waals surface area (Å²) >= 11 is 0. The average Bonchev–Trinajstić information content (AvgIpc) is 3.37. The fraction of sp³-hybridized carbons (Fsp3) is 0.867. The van der Waals surface area contributed by atoms with Gasteiger partial charge in [-0.3, -0.25) is 9.59 Å². The van der Waals surface area contributed by atoms with Crippen molar-refractivity contribution in [1.29, 1.82) is 0 Å². The summed E-state index contributed by atoms with van der Waals surface area (Å²) in [6.45, 7) is 5.68. The standard InChI is InChI=1S/C60H111NO10/c1-4-7-10-13-16-19-22-25-26-27-28-30-33-36-39-42-45-48-55(65)71-58-57(67)56(66)54(49-62)70-60(58)69-50-51(52(63)46-43-40-37-34-31-24-21-18-15-12-9-6-3)61-59(68)53(64)47-44-41-38-35-32-29-23-20-17-14-11-8-5-2/h8,11,17,20,43,46,51-54,56-58,60,62-64,66-67H,4-7,9-10,12-16,18-19,21-42,44-45,47-50H2,1-3H3,(H,61,68)/b11-8+,20-17+,46-43+. The number of hydrogen-bond acceptors (Lipinski definition) is 10. The van der Waals surface area contributed by atoms with Gasteiger partial charge in [-0.05, 0) is 51.4 Å². The van der Waals surface area contributed by atoms with Gasteiger partial charge in [-0.1, -0.05) is 250 Å². The van der Waals surface area contributed by atoms with E-state index in [0.717, 1.165) is 89.9 Å². The Morgan fingerprint density at radius 3 is 1.51 bits per heavy atom. The molecule has 1 amide bonds. The van der Waals surface area contributed by atoms with Crippen molar-refractivity contribution in [2.45, 2.75) is 320 Å². The predicted octanol–water partition coefficient (Wildman–Crippen LogP) is 13.5. The molecule has 1 saturated heterocycles. The van der Waals surface area contributed by atoms with Crippen LogP contribution in [0.4, 0.5) is 0 Å². The molecule has 0 bridgehead atoms. The molecule has 1 aliphatic rings. The van der Waals surface area contributed by atoms with Crippen molar-refractivity contribution in [3.63, 3.8) is 0 Å². The Morgan fingerprint density at radius 2 is 1.01 bits per heavy atom. The number of unbranched alkanes of at least 4 members (excludes halogenated alkanes) is 32. The third-order valence-electron chi connectivity index (χ3n) is 14.1. The number of carbonyl (C=O) groups is 2. The summed E-state index contributed by atoms with van der Waals surface area (Å²) in [6, 6.07) is -1.02. The molecule has 8 unspecified atom stereocenters. The quantitative estimate of drug-likeness (QED) is 0.0195. The van der Waals surface area contributed by atoms with Crippen LogP contribution in [0.25, 0.3) is 0 Å². The number of ether oxygens (including phenoxy) is 3. The maximum Gasteiger partial charge on any atom is 0.306 e. The molecule has 8 atom stereocenters. The van der Waals surface area contributed by atoms with Crippen molar-refractivity contribution in [2.75, 3.05) is 13.2 Å². The van der Waals surface area contributed by atoms with E-state index in [2.05, 4.69) is 50.4 Å². The Bertz CT molecular complexity index is 1290. The highest BCUT2D eigenvalue weighted by Gasteiger charge is 2.47. The normalized spacial score (nSPS) is 19.8. The lowest BCUT2D eigenvalue weighted by atomic mass is 9.99. The van der Waals surface area contributed by atoms with Crippen molar-refractivity contribution in [3.8, 4) is 0 Å². The summed E-state index contributed by atoms with van der Waals surface area (Å²) in [5, 5.41) is 56.8. The number of aliphatic hydroxyl groups excluding tert-OH is 5. The van der Waals surface area contributed by atoms with Gasteiger partial charge in [0.15, 0.2) is 12.4 Å². The second-order valence-corrected chi connectivity index (χ2v) is 20.7. The highest BCUT2D eigenvalue weighted by Crippen LogP contribution is 2.26. The molecule has 1 aliphatic heterocycles. The van der Waals surface area contributed by atoms with Crippen LogP contribution in [-0.4, -0.2) is 99.6 Å². The van der Waals surface area contributed by atoms with E-state index in [9.17, 15) is 35.1 Å². The molecule has 0 aromatic heterocycles. The molecule has 0 aromatic carbocycles. The molecule has 1 rings (SSSR count). The van der Waals surface area contributed by atoms with Crippen molar-refractivity contribution >= 4 is 11.9 Å². The Kier molecular flexibility index (Phi) is 46.0. The zero-order valence-electron chi connectivity index (χ0n) is 45.9. The first-order valence-corrected chi connectivity index (χ1v) is 29.8. The molecule has 416 valence electrons. The summed E-state index contributed by atoms with van der Waals surface area (Å²) < 4.78 is 17.6. The number of allylic oxidation sites excluding steroid dienone is 5. The predicted molar refractivity (Wildman–Crippen MR) is 292 cm³/mol. The van der Waals surface area contributed by atoms with Crippen LogP contribution in [0.3, 0.4) is 0 Å². The van der Waals surface area contributed by atoms with Gasteiger partial charge in [0, 0.05) is 6.42 Å². The summed E-state index contributed by atoms with van der Waals surface area (Å²) in [5.74, 6) is -1.19. The topological polar surface area (TPSA) is 175 Å². The van der Waals surface area contributed by atoms with Gasteiger partial charge in [0.2, 0.25) is 5.91 Å². The van der Waals surface area contributed by atoms with Crippen LogP contribution in [0.2, 0.25) is 0 Å². The lowest BCUT2D eigenvalue weighted by Crippen LogP contribution is -2.61. The molecule has 0 saturated carbocycles. The Morgan fingerprint density at radius 1 is 0.563 bits per heavy atom. The first-order valence-electron chi connectivity index (χ1n) is 29.8. The van der Waals surface area contributed by atoms with Crippen molar-refractivity contribution in [1.82, 2.24) is 5.32 Å². The van der Waals surface area contributed by atoms with Crippen LogP contribution in [0.5, 0.6) is 0 Å². The van der Waals surface area contributed by atoms with Crippen molar-refractivity contribution in [3.05, 3.63) is 36.5 Å². The molecule has 71 heavy (non-hydrogen) atoms. The summed E-state index contributed by atoms with van der Waals surface area (Å²) in [5.41, 5.74) is 0. The van der Waals surface area contributed by atoms with E-state index in [1.165, 1.54) is 135 Å². The minimum absolute atomic E-state index is 0.127. The van der Waals surface area contributed by atoms with Crippen LogP contribution in [0.1, 0.15) is 271 Å². The summed E-state index contributed by atoms with van der Waals surface area (Å²) in [7, 11) is 0. The van der Waals surface area contributed by atoms with Crippen LogP contribution < -0.4 is 5.32 Å². The number of carbonyl (C=O) groups excluding carboxylic acids is 2. The average molecular weight is 1010 g/mol. The Balaban J connectivity index is 2.70. The van der Waals surface area contributed by atoms with Crippen LogP contribution in [-0.2, 0) is 23.8 Å². The maximum absolute atomic E-state index is 13.4. The largest absolute Gasteiger partial charge is 0.454 e. The van der Waals surface area contributed by atoms with Gasteiger partial charge >= 0.3 is 5.97 Å². The molecule has 1 heterocycles. The Labute approximate surface area is 434 Å². The number of amides is 1. The molecule has 0 aliphatic carbocycles. The third-order valence-corrected chi connectivity index (χ3v) is 14.1. The summed E-state index contributed by atoms with van der Waals surface area (Å²) in [4.78, 5) is 26.5. The highest BCUT2D eigenvalue weighted by atomic mass is 16.7. The van der Waals surface area contributed by atoms with Gasteiger partial charge in [-0.2, -0.15) is 0 Å². The first-order chi connectivity index (χ1) is 34.7. The molecule has 0 spiro atoms. The smallest absolute Gasteiger partial charge is 0.306 e. The summed E-state index contributed by atoms with van der Waals surface area (Å²) in [6.07, 6.45) is 46.1. The van der Waals surface area contributed by atoms with E-state index in [0.29, 0.717) is 12.8 Å². The minimum atomic E-state index is -1.61. The van der Waals surface area contributed by atoms with E-state index in [1.807, 2.05) is 6.08 Å². The number of hydrogen-bond donors (Lipinski definition) is 6. The van der Waals surface area contributed by atoms with Gasteiger partial charge in [0.25, 0.3) is 0 Å². The molecule has 0 radical (unpaired) electrons. The van der Waals surface area contributed by atoms with Gasteiger partial charge in [-0.25, -0.2) is 0 Å². The second-order valence-electron chi connectivity index (χ2n) is 20.7. The molecule has 6 N–H and O–H groups in total. The lowest BCUT2D eigenvalue weighted by Gasteiger charge is -2.41. The van der Waals surface area contributed by atoms with E-state index in [4.69, 9.17) is 14.2 Å². The number of esters is 1. The number of rotatable bonds is 50.